The molecule has 0 aliphatic heterocycles. The lowest BCUT2D eigenvalue weighted by atomic mass is 10.2. The van der Waals surface area contributed by atoms with Gasteiger partial charge in [-0.3, -0.25) is 9.10 Å². The SMILES string of the molecule is CCN(c1ccc(C(=O)NC(C)C)cc1)S(=O)(=O)CC. The van der Waals surface area contributed by atoms with Crippen molar-refractivity contribution < 1.29 is 13.2 Å². The van der Waals surface area contributed by atoms with Crippen LogP contribution in [-0.2, 0) is 10.0 Å². The first-order valence-electron chi connectivity index (χ1n) is 6.73. The lowest BCUT2D eigenvalue weighted by Gasteiger charge is -2.22. The average molecular weight is 298 g/mol. The molecule has 20 heavy (non-hydrogen) atoms. The van der Waals surface area contributed by atoms with Gasteiger partial charge in [0.05, 0.1) is 11.4 Å². The molecular formula is C14H22N2O3S. The van der Waals surface area contributed by atoms with E-state index in [1.807, 2.05) is 13.8 Å². The Bertz CT molecular complexity index is 550. The molecule has 1 aromatic rings. The monoisotopic (exact) mass is 298 g/mol. The quantitative estimate of drug-likeness (QED) is 0.873. The highest BCUT2D eigenvalue weighted by atomic mass is 32.2. The van der Waals surface area contributed by atoms with Gasteiger partial charge in [0.2, 0.25) is 10.0 Å². The minimum atomic E-state index is -3.28. The summed E-state index contributed by atoms with van der Waals surface area (Å²) in [6, 6.07) is 6.66. The summed E-state index contributed by atoms with van der Waals surface area (Å²) in [5.41, 5.74) is 1.10. The van der Waals surface area contributed by atoms with Crippen LogP contribution in [0.15, 0.2) is 24.3 Å². The highest BCUT2D eigenvalue weighted by Crippen LogP contribution is 2.19. The molecule has 5 nitrogen and oxygen atoms in total. The molecule has 0 spiro atoms. The van der Waals surface area contributed by atoms with Crippen molar-refractivity contribution in [3.63, 3.8) is 0 Å². The number of amides is 1. The Kier molecular flexibility index (Phi) is 5.56. The second kappa shape index (κ2) is 6.74. The average Bonchev–Trinajstić information content (AvgIpc) is 2.39. The Morgan fingerprint density at radius 2 is 1.75 bits per heavy atom. The minimum absolute atomic E-state index is 0.0520. The summed E-state index contributed by atoms with van der Waals surface area (Å²) in [5.74, 6) is -0.107. The third-order valence-electron chi connectivity index (χ3n) is 2.83. The maximum absolute atomic E-state index is 11.9. The van der Waals surface area contributed by atoms with Crippen LogP contribution in [0.2, 0.25) is 0 Å². The normalized spacial score (nSPS) is 11.4. The van der Waals surface area contributed by atoms with E-state index in [9.17, 15) is 13.2 Å². The van der Waals surface area contributed by atoms with Crippen LogP contribution in [0.25, 0.3) is 0 Å². The zero-order valence-corrected chi connectivity index (χ0v) is 13.2. The second-order valence-corrected chi connectivity index (χ2v) is 6.92. The summed E-state index contributed by atoms with van der Waals surface area (Å²) in [6.07, 6.45) is 0. The van der Waals surface area contributed by atoms with Crippen molar-refractivity contribution in [2.45, 2.75) is 33.7 Å². The van der Waals surface area contributed by atoms with Crippen molar-refractivity contribution in [1.29, 1.82) is 0 Å². The number of benzene rings is 1. The van der Waals surface area contributed by atoms with Crippen molar-refractivity contribution in [3.05, 3.63) is 29.8 Å². The Hall–Kier alpha value is -1.56. The number of nitrogens with zero attached hydrogens (tertiary/aromatic N) is 1. The molecule has 0 saturated heterocycles. The number of carbonyl (C=O) groups excluding carboxylic acids is 1. The van der Waals surface area contributed by atoms with Gasteiger partial charge < -0.3 is 5.32 Å². The van der Waals surface area contributed by atoms with Gasteiger partial charge in [-0.15, -0.1) is 0 Å². The first-order valence-corrected chi connectivity index (χ1v) is 8.34. The van der Waals surface area contributed by atoms with Crippen LogP contribution >= 0.6 is 0 Å². The second-order valence-electron chi connectivity index (χ2n) is 4.74. The minimum Gasteiger partial charge on any atom is -0.350 e. The van der Waals surface area contributed by atoms with Crippen LogP contribution < -0.4 is 9.62 Å². The van der Waals surface area contributed by atoms with Crippen LogP contribution in [0.4, 0.5) is 5.69 Å². The Labute approximate surface area is 121 Å². The highest BCUT2D eigenvalue weighted by Gasteiger charge is 2.18. The number of anilines is 1. The van der Waals surface area contributed by atoms with Crippen molar-refractivity contribution in [1.82, 2.24) is 5.32 Å². The largest absolute Gasteiger partial charge is 0.350 e. The summed E-state index contributed by atoms with van der Waals surface area (Å²) in [7, 11) is -3.28. The van der Waals surface area contributed by atoms with Gasteiger partial charge in [0.25, 0.3) is 5.91 Å². The van der Waals surface area contributed by atoms with E-state index in [4.69, 9.17) is 0 Å². The molecular weight excluding hydrogens is 276 g/mol. The van der Waals surface area contributed by atoms with E-state index in [1.54, 1.807) is 38.1 Å². The summed E-state index contributed by atoms with van der Waals surface area (Å²) < 4.78 is 25.2. The molecule has 1 amide bonds. The van der Waals surface area contributed by atoms with Crippen LogP contribution in [0, 0.1) is 0 Å². The van der Waals surface area contributed by atoms with E-state index in [-0.39, 0.29) is 17.7 Å². The lowest BCUT2D eigenvalue weighted by Crippen LogP contribution is -2.32. The van der Waals surface area contributed by atoms with Gasteiger partial charge in [0.1, 0.15) is 0 Å². The predicted molar refractivity (Wildman–Crippen MR) is 81.5 cm³/mol. The molecule has 0 unspecified atom stereocenters. The van der Waals surface area contributed by atoms with Crippen molar-refractivity contribution in [2.24, 2.45) is 0 Å². The van der Waals surface area contributed by atoms with Crippen molar-refractivity contribution in [3.8, 4) is 0 Å². The van der Waals surface area contributed by atoms with E-state index < -0.39 is 10.0 Å². The summed E-state index contributed by atoms with van der Waals surface area (Å²) in [5, 5.41) is 2.79. The number of hydrogen-bond acceptors (Lipinski definition) is 3. The summed E-state index contributed by atoms with van der Waals surface area (Å²) in [4.78, 5) is 11.8. The number of nitrogens with one attached hydrogen (secondary N) is 1. The van der Waals surface area contributed by atoms with Crippen LogP contribution in [0.5, 0.6) is 0 Å². The van der Waals surface area contributed by atoms with Gasteiger partial charge in [0, 0.05) is 18.2 Å². The molecule has 0 fully saturated rings. The lowest BCUT2D eigenvalue weighted by molar-refractivity contribution is 0.0943. The maximum atomic E-state index is 11.9. The first kappa shape index (κ1) is 16.5. The molecule has 1 N–H and O–H groups in total. The highest BCUT2D eigenvalue weighted by molar-refractivity contribution is 7.92. The van der Waals surface area contributed by atoms with Crippen LogP contribution in [0.1, 0.15) is 38.1 Å². The number of rotatable bonds is 6. The van der Waals surface area contributed by atoms with Crippen molar-refractivity contribution >= 4 is 21.6 Å². The van der Waals surface area contributed by atoms with Gasteiger partial charge >= 0.3 is 0 Å². The Morgan fingerprint density at radius 3 is 2.15 bits per heavy atom. The fraction of sp³-hybridized carbons (Fsp3) is 0.500. The van der Waals surface area contributed by atoms with E-state index in [0.29, 0.717) is 17.8 Å². The van der Waals surface area contributed by atoms with E-state index in [0.717, 1.165) is 0 Å². The molecule has 112 valence electrons. The molecule has 6 heteroatoms. The van der Waals surface area contributed by atoms with Crippen molar-refractivity contribution in [2.75, 3.05) is 16.6 Å². The zero-order chi connectivity index (χ0) is 15.3. The fourth-order valence-electron chi connectivity index (χ4n) is 1.82. The molecule has 0 saturated carbocycles. The first-order chi connectivity index (χ1) is 9.31. The number of hydrogen-bond donors (Lipinski definition) is 1. The molecule has 1 rings (SSSR count). The smallest absolute Gasteiger partial charge is 0.251 e. The van der Waals surface area contributed by atoms with E-state index >= 15 is 0 Å². The Balaban J connectivity index is 2.98. The standard InChI is InChI=1S/C14H22N2O3S/c1-5-16(20(18,19)6-2)13-9-7-12(8-10-13)14(17)15-11(3)4/h7-11H,5-6H2,1-4H3,(H,15,17). The fourth-order valence-corrected chi connectivity index (χ4v) is 2.97. The third kappa shape index (κ3) is 3.96. The zero-order valence-electron chi connectivity index (χ0n) is 12.4. The summed E-state index contributed by atoms with van der Waals surface area (Å²) in [6.45, 7) is 7.54. The molecule has 0 aliphatic rings. The van der Waals surface area contributed by atoms with E-state index in [2.05, 4.69) is 5.32 Å². The van der Waals surface area contributed by atoms with Gasteiger partial charge in [-0.1, -0.05) is 0 Å². The van der Waals surface area contributed by atoms with Gasteiger partial charge in [-0.25, -0.2) is 8.42 Å². The molecule has 0 aromatic heterocycles. The molecule has 0 bridgehead atoms. The summed E-state index contributed by atoms with van der Waals surface area (Å²) >= 11 is 0. The topological polar surface area (TPSA) is 66.5 Å². The van der Waals surface area contributed by atoms with Crippen LogP contribution in [0.3, 0.4) is 0 Å². The number of sulfonamides is 1. The predicted octanol–water partition coefficient (Wildman–Crippen LogP) is 2.00. The van der Waals surface area contributed by atoms with E-state index in [1.165, 1.54) is 4.31 Å². The number of carbonyl (C=O) groups is 1. The van der Waals surface area contributed by atoms with Gasteiger partial charge in [0.15, 0.2) is 0 Å². The Morgan fingerprint density at radius 1 is 1.20 bits per heavy atom. The molecule has 0 aliphatic carbocycles. The van der Waals surface area contributed by atoms with Gasteiger partial charge in [-0.2, -0.15) is 0 Å². The third-order valence-corrected chi connectivity index (χ3v) is 4.70. The molecule has 0 radical (unpaired) electrons. The maximum Gasteiger partial charge on any atom is 0.251 e. The van der Waals surface area contributed by atoms with Gasteiger partial charge in [-0.05, 0) is 52.0 Å². The molecule has 0 atom stereocenters. The molecule has 0 heterocycles. The molecule has 1 aromatic carbocycles. The van der Waals surface area contributed by atoms with Crippen LogP contribution in [-0.4, -0.2) is 32.7 Å².